The van der Waals surface area contributed by atoms with E-state index in [1.807, 2.05) is 26.8 Å². The van der Waals surface area contributed by atoms with Crippen LogP contribution in [-0.4, -0.2) is 64.7 Å². The van der Waals surface area contributed by atoms with Crippen LogP contribution in [-0.2, 0) is 19.1 Å². The minimum atomic E-state index is -1.12. The standard InChI is InChI=1S/C24H32ClN3O5/c1-4-11-26-20(30)16-17-22(32)28(12-13-29)19(24(17)10-9-23(16,5-2)33-24)21(31)27-18-14(3)7-6-8-15(18)25/h6-8,16-17,19,29H,4-5,9-13H2,1-3H3,(H,26,30)(H,27,31)/t16-,17+,19?,23+,24?/m1/s1. The van der Waals surface area contributed by atoms with E-state index in [1.165, 1.54) is 4.90 Å². The average Bonchev–Trinajstić information content (AvgIpc) is 3.39. The number of anilines is 1. The minimum absolute atomic E-state index is 0.0115. The number of nitrogens with zero attached hydrogens (tertiary/aromatic N) is 1. The zero-order valence-corrected chi connectivity index (χ0v) is 20.1. The minimum Gasteiger partial charge on any atom is -0.395 e. The number of rotatable bonds is 8. The number of benzene rings is 1. The van der Waals surface area contributed by atoms with E-state index in [0.717, 1.165) is 12.0 Å². The third kappa shape index (κ3) is 3.54. The van der Waals surface area contributed by atoms with Crippen molar-refractivity contribution in [3.05, 3.63) is 28.8 Å². The van der Waals surface area contributed by atoms with Gasteiger partial charge in [-0.05, 0) is 44.2 Å². The van der Waals surface area contributed by atoms with Crippen LogP contribution in [0.2, 0.25) is 5.02 Å². The van der Waals surface area contributed by atoms with Crippen molar-refractivity contribution in [1.29, 1.82) is 0 Å². The third-order valence-corrected chi connectivity index (χ3v) is 7.89. The Bertz CT molecular complexity index is 951. The number of nitrogens with one attached hydrogen (secondary N) is 2. The average molecular weight is 478 g/mol. The molecule has 3 fully saturated rings. The molecule has 0 saturated carbocycles. The molecule has 3 amide bonds. The van der Waals surface area contributed by atoms with E-state index in [9.17, 15) is 19.5 Å². The van der Waals surface area contributed by atoms with Crippen LogP contribution in [0.5, 0.6) is 0 Å². The topological polar surface area (TPSA) is 108 Å². The maximum absolute atomic E-state index is 13.7. The van der Waals surface area contributed by atoms with Gasteiger partial charge in [0, 0.05) is 13.1 Å². The van der Waals surface area contributed by atoms with Crippen molar-refractivity contribution in [1.82, 2.24) is 10.2 Å². The summed E-state index contributed by atoms with van der Waals surface area (Å²) in [5, 5.41) is 15.9. The SMILES string of the molecule is CCCNC(=O)[C@H]1[C@H]2C(=O)N(CCO)C(C(=O)Nc3c(C)cccc3Cl)C23CC[C@]1(CC)O3. The van der Waals surface area contributed by atoms with Gasteiger partial charge in [-0.25, -0.2) is 0 Å². The lowest BCUT2D eigenvalue weighted by molar-refractivity contribution is -0.146. The first-order valence-corrected chi connectivity index (χ1v) is 12.1. The number of fused-ring (bicyclic) bond motifs is 1. The highest BCUT2D eigenvalue weighted by Crippen LogP contribution is 2.64. The largest absolute Gasteiger partial charge is 0.395 e. The second kappa shape index (κ2) is 8.89. The highest BCUT2D eigenvalue weighted by Gasteiger charge is 2.78. The van der Waals surface area contributed by atoms with Crippen LogP contribution in [0.4, 0.5) is 5.69 Å². The first-order valence-electron chi connectivity index (χ1n) is 11.7. The van der Waals surface area contributed by atoms with Gasteiger partial charge in [0.25, 0.3) is 0 Å². The quantitative estimate of drug-likeness (QED) is 0.532. The molecule has 3 N–H and O–H groups in total. The highest BCUT2D eigenvalue weighted by atomic mass is 35.5. The second-order valence-corrected chi connectivity index (χ2v) is 9.71. The van der Waals surface area contributed by atoms with Gasteiger partial charge in [-0.3, -0.25) is 14.4 Å². The van der Waals surface area contributed by atoms with E-state index >= 15 is 0 Å². The molecule has 1 aromatic rings. The fourth-order valence-corrected chi connectivity index (χ4v) is 6.37. The van der Waals surface area contributed by atoms with Crippen LogP contribution < -0.4 is 10.6 Å². The van der Waals surface area contributed by atoms with Gasteiger partial charge in [0.15, 0.2) is 0 Å². The van der Waals surface area contributed by atoms with E-state index in [2.05, 4.69) is 10.6 Å². The van der Waals surface area contributed by atoms with Crippen molar-refractivity contribution < 1.29 is 24.2 Å². The van der Waals surface area contributed by atoms with Crippen molar-refractivity contribution in [2.24, 2.45) is 11.8 Å². The van der Waals surface area contributed by atoms with Crippen molar-refractivity contribution in [2.75, 3.05) is 25.0 Å². The maximum Gasteiger partial charge on any atom is 0.250 e. The predicted octanol–water partition coefficient (Wildman–Crippen LogP) is 2.26. The Morgan fingerprint density at radius 2 is 2.03 bits per heavy atom. The molecule has 2 unspecified atom stereocenters. The van der Waals surface area contributed by atoms with Crippen LogP contribution in [0.25, 0.3) is 0 Å². The summed E-state index contributed by atoms with van der Waals surface area (Å²) in [5.41, 5.74) is -0.616. The molecule has 4 rings (SSSR count). The number of likely N-dealkylation sites (tertiary alicyclic amines) is 1. The summed E-state index contributed by atoms with van der Waals surface area (Å²) in [6.45, 7) is 5.97. The van der Waals surface area contributed by atoms with Crippen molar-refractivity contribution in [2.45, 2.75) is 63.7 Å². The van der Waals surface area contributed by atoms with Crippen LogP contribution in [0.15, 0.2) is 18.2 Å². The van der Waals surface area contributed by atoms with E-state index in [1.54, 1.807) is 12.1 Å². The molecule has 2 bridgehead atoms. The van der Waals surface area contributed by atoms with Gasteiger partial charge in [-0.1, -0.05) is 37.6 Å². The van der Waals surface area contributed by atoms with Gasteiger partial charge in [0.2, 0.25) is 17.7 Å². The summed E-state index contributed by atoms with van der Waals surface area (Å²) in [5.74, 6) is -2.37. The molecule has 3 saturated heterocycles. The number of aryl methyl sites for hydroxylation is 1. The molecule has 5 atom stereocenters. The van der Waals surface area contributed by atoms with Gasteiger partial charge < -0.3 is 25.4 Å². The number of hydrogen-bond acceptors (Lipinski definition) is 5. The molecule has 33 heavy (non-hydrogen) atoms. The summed E-state index contributed by atoms with van der Waals surface area (Å²) >= 11 is 6.33. The zero-order valence-electron chi connectivity index (χ0n) is 19.3. The molecule has 180 valence electrons. The lowest BCUT2D eigenvalue weighted by atomic mass is 9.65. The van der Waals surface area contributed by atoms with Crippen LogP contribution >= 0.6 is 11.6 Å². The molecule has 8 nitrogen and oxygen atoms in total. The number of halogens is 1. The van der Waals surface area contributed by atoms with Crippen molar-refractivity contribution >= 4 is 35.0 Å². The monoisotopic (exact) mass is 477 g/mol. The third-order valence-electron chi connectivity index (χ3n) is 7.57. The number of aliphatic hydroxyl groups excluding tert-OH is 1. The molecule has 0 aromatic heterocycles. The Morgan fingerprint density at radius 3 is 2.67 bits per heavy atom. The van der Waals surface area contributed by atoms with Gasteiger partial charge in [0.05, 0.1) is 34.8 Å². The van der Waals surface area contributed by atoms with E-state index in [4.69, 9.17) is 16.3 Å². The Balaban J connectivity index is 1.74. The number of β-amino-alcohol motifs (C(OH)–C–C–N with tert-alkyl or cyclic N) is 1. The Kier molecular flexibility index (Phi) is 6.46. The maximum atomic E-state index is 13.7. The summed E-state index contributed by atoms with van der Waals surface area (Å²) < 4.78 is 6.61. The zero-order chi connectivity index (χ0) is 24.0. The number of aliphatic hydroxyl groups is 1. The highest BCUT2D eigenvalue weighted by molar-refractivity contribution is 6.34. The molecule has 3 aliphatic rings. The van der Waals surface area contributed by atoms with Gasteiger partial charge >= 0.3 is 0 Å². The normalized spacial score (nSPS) is 32.2. The fraction of sp³-hybridized carbons (Fsp3) is 0.625. The summed E-state index contributed by atoms with van der Waals surface area (Å²) in [6, 6.07) is 4.36. The summed E-state index contributed by atoms with van der Waals surface area (Å²) in [6.07, 6.45) is 2.44. The van der Waals surface area contributed by atoms with E-state index < -0.39 is 35.0 Å². The number of amides is 3. The first-order chi connectivity index (χ1) is 15.8. The van der Waals surface area contributed by atoms with Crippen molar-refractivity contribution in [3.63, 3.8) is 0 Å². The van der Waals surface area contributed by atoms with Crippen molar-refractivity contribution in [3.8, 4) is 0 Å². The Hall–Kier alpha value is -2.16. The van der Waals surface area contributed by atoms with E-state index in [-0.39, 0.29) is 25.0 Å². The number of carbonyl (C=O) groups excluding carboxylic acids is 3. The molecular weight excluding hydrogens is 446 g/mol. The lowest BCUT2D eigenvalue weighted by Gasteiger charge is -2.33. The van der Waals surface area contributed by atoms with Gasteiger partial charge in [-0.2, -0.15) is 0 Å². The predicted molar refractivity (Wildman–Crippen MR) is 124 cm³/mol. The second-order valence-electron chi connectivity index (χ2n) is 9.30. The number of hydrogen-bond donors (Lipinski definition) is 3. The van der Waals surface area contributed by atoms with Gasteiger partial charge in [0.1, 0.15) is 11.6 Å². The lowest BCUT2D eigenvalue weighted by Crippen LogP contribution is -2.54. The molecule has 1 spiro atoms. The number of carbonyl (C=O) groups is 3. The number of para-hydroxylation sites is 1. The summed E-state index contributed by atoms with van der Waals surface area (Å²) in [7, 11) is 0. The molecule has 9 heteroatoms. The summed E-state index contributed by atoms with van der Waals surface area (Å²) in [4.78, 5) is 42.0. The molecule has 1 aromatic carbocycles. The fourth-order valence-electron chi connectivity index (χ4n) is 6.10. The molecule has 3 heterocycles. The van der Waals surface area contributed by atoms with Crippen LogP contribution in [0, 0.1) is 18.8 Å². The molecular formula is C24H32ClN3O5. The Morgan fingerprint density at radius 1 is 1.27 bits per heavy atom. The molecule has 0 aliphatic carbocycles. The van der Waals surface area contributed by atoms with E-state index in [0.29, 0.717) is 36.5 Å². The van der Waals surface area contributed by atoms with Gasteiger partial charge in [-0.15, -0.1) is 0 Å². The molecule has 3 aliphatic heterocycles. The smallest absolute Gasteiger partial charge is 0.250 e. The Labute approximate surface area is 199 Å². The first kappa shape index (κ1) is 24.0. The van der Waals surface area contributed by atoms with Crippen LogP contribution in [0.3, 0.4) is 0 Å². The number of ether oxygens (including phenoxy) is 1. The van der Waals surface area contributed by atoms with Crippen LogP contribution in [0.1, 0.15) is 45.1 Å². The molecule has 0 radical (unpaired) electrons.